The molecule has 3 amide bonds. The summed E-state index contributed by atoms with van der Waals surface area (Å²) in [5, 5.41) is 22.0. The number of halogens is 2. The Kier molecular flexibility index (Phi) is 7.51. The third kappa shape index (κ3) is 6.12. The van der Waals surface area contributed by atoms with Crippen LogP contribution in [0.25, 0.3) is 11.7 Å². The monoisotopic (exact) mass is 571 g/mol. The number of aliphatic carboxylic acids is 1. The van der Waals surface area contributed by atoms with E-state index < -0.39 is 36.4 Å². The molecule has 0 radical (unpaired) electrons. The molecule has 2 fully saturated rings. The SMILES string of the molecule is O=C(O)CCCC(=O)OCN1C(=O)N/C(=C\c2cnn3c(NC4CC4)cc(Nc4cc(Cl)ccc4F)nc23)C1=O. The summed E-state index contributed by atoms with van der Waals surface area (Å²) < 4.78 is 20.9. The number of nitrogens with zero attached hydrogens (tertiary/aromatic N) is 4. The zero-order chi connectivity index (χ0) is 28.4. The number of fused-ring (bicyclic) bond motifs is 1. The predicted molar refractivity (Wildman–Crippen MR) is 140 cm³/mol. The molecule has 1 saturated heterocycles. The van der Waals surface area contributed by atoms with Gasteiger partial charge in [0.1, 0.15) is 23.1 Å². The Bertz CT molecular complexity index is 1550. The summed E-state index contributed by atoms with van der Waals surface area (Å²) in [5.74, 6) is -2.18. The second-order valence-electron chi connectivity index (χ2n) is 9.14. The third-order valence-corrected chi connectivity index (χ3v) is 6.24. The first-order valence-corrected chi connectivity index (χ1v) is 12.6. The maximum atomic E-state index is 14.4. The van der Waals surface area contributed by atoms with Crippen molar-refractivity contribution in [1.29, 1.82) is 0 Å². The lowest BCUT2D eigenvalue weighted by Gasteiger charge is -2.12. The fourth-order valence-corrected chi connectivity index (χ4v) is 4.03. The van der Waals surface area contributed by atoms with Gasteiger partial charge in [-0.3, -0.25) is 14.4 Å². The maximum absolute atomic E-state index is 14.4. The smallest absolute Gasteiger partial charge is 0.331 e. The number of rotatable bonds is 11. The average Bonchev–Trinajstić information content (AvgIpc) is 3.56. The van der Waals surface area contributed by atoms with E-state index in [1.165, 1.54) is 35.0 Å². The standard InChI is InChI=1S/C25H23ClFN7O6/c26-14-4-7-16(27)17(9-14)30-19-10-20(29-15-5-6-15)34-23(32-19)13(11-28-34)8-18-24(38)33(25(39)31-18)12-40-22(37)3-1-2-21(35)36/h4,7-11,15,29H,1-3,5-6,12H2,(H,30,32)(H,31,39)(H,35,36)/b18-8-. The Balaban J connectivity index is 1.37. The topological polar surface area (TPSA) is 167 Å². The Morgan fingerprint density at radius 1 is 1.25 bits per heavy atom. The summed E-state index contributed by atoms with van der Waals surface area (Å²) in [6.45, 7) is -0.629. The molecule has 0 bridgehead atoms. The van der Waals surface area contributed by atoms with E-state index in [4.69, 9.17) is 21.4 Å². The Morgan fingerprint density at radius 3 is 2.80 bits per heavy atom. The van der Waals surface area contributed by atoms with Gasteiger partial charge >= 0.3 is 18.0 Å². The van der Waals surface area contributed by atoms with Gasteiger partial charge in [-0.05, 0) is 43.5 Å². The van der Waals surface area contributed by atoms with E-state index in [1.54, 1.807) is 6.07 Å². The molecular weight excluding hydrogens is 549 g/mol. The number of carbonyl (C=O) groups excluding carboxylic acids is 3. The Labute approximate surface area is 230 Å². The van der Waals surface area contributed by atoms with Gasteiger partial charge in [0.2, 0.25) is 0 Å². The summed E-state index contributed by atoms with van der Waals surface area (Å²) in [7, 11) is 0. The van der Waals surface area contributed by atoms with Crippen LogP contribution in [0.3, 0.4) is 0 Å². The zero-order valence-electron chi connectivity index (χ0n) is 20.8. The minimum Gasteiger partial charge on any atom is -0.481 e. The van der Waals surface area contributed by atoms with Crippen LogP contribution in [0.15, 0.2) is 36.2 Å². The van der Waals surface area contributed by atoms with Gasteiger partial charge in [-0.15, -0.1) is 0 Å². The lowest BCUT2D eigenvalue weighted by Crippen LogP contribution is -2.34. The number of carbonyl (C=O) groups is 4. The fourth-order valence-electron chi connectivity index (χ4n) is 3.85. The number of amides is 3. The molecule has 0 atom stereocenters. The molecule has 40 heavy (non-hydrogen) atoms. The first-order valence-electron chi connectivity index (χ1n) is 12.3. The number of ether oxygens (including phenoxy) is 1. The van der Waals surface area contributed by atoms with Crippen LogP contribution in [0, 0.1) is 5.82 Å². The van der Waals surface area contributed by atoms with Crippen LogP contribution in [0.1, 0.15) is 37.7 Å². The van der Waals surface area contributed by atoms with Gasteiger partial charge in [-0.25, -0.2) is 19.1 Å². The number of imide groups is 1. The second kappa shape index (κ2) is 11.2. The Hall–Kier alpha value is -4.72. The van der Waals surface area contributed by atoms with E-state index in [-0.39, 0.29) is 42.5 Å². The molecule has 13 nitrogen and oxygen atoms in total. The third-order valence-electron chi connectivity index (χ3n) is 6.01. The largest absolute Gasteiger partial charge is 0.481 e. The molecule has 1 aliphatic carbocycles. The van der Waals surface area contributed by atoms with Gasteiger partial charge in [0.15, 0.2) is 12.4 Å². The quantitative estimate of drug-likeness (QED) is 0.152. The average molecular weight is 572 g/mol. The summed E-state index contributed by atoms with van der Waals surface area (Å²) >= 11 is 6.02. The number of anilines is 3. The molecule has 2 aliphatic rings. The number of carboxylic acids is 1. The summed E-state index contributed by atoms with van der Waals surface area (Å²) in [6.07, 6.45) is 4.50. The maximum Gasteiger partial charge on any atom is 0.331 e. The molecule has 5 rings (SSSR count). The number of benzene rings is 1. The lowest BCUT2D eigenvalue weighted by atomic mass is 10.2. The molecule has 0 spiro atoms. The van der Waals surface area contributed by atoms with Crippen LogP contribution < -0.4 is 16.0 Å². The van der Waals surface area contributed by atoms with Crippen molar-refractivity contribution >= 4 is 64.5 Å². The van der Waals surface area contributed by atoms with E-state index in [0.717, 1.165) is 12.8 Å². The summed E-state index contributed by atoms with van der Waals surface area (Å²) in [6, 6.07) is 5.21. The van der Waals surface area contributed by atoms with Gasteiger partial charge < -0.3 is 25.8 Å². The predicted octanol–water partition coefficient (Wildman–Crippen LogP) is 3.49. The molecule has 2 aromatic heterocycles. The highest BCUT2D eigenvalue weighted by atomic mass is 35.5. The zero-order valence-corrected chi connectivity index (χ0v) is 21.6. The minimum atomic E-state index is -1.05. The van der Waals surface area contributed by atoms with Gasteiger partial charge in [0.05, 0.1) is 11.9 Å². The number of aromatic nitrogens is 3. The summed E-state index contributed by atoms with van der Waals surface area (Å²) in [5.41, 5.74) is 0.714. The van der Waals surface area contributed by atoms with Crippen LogP contribution in [-0.2, 0) is 19.1 Å². The van der Waals surface area contributed by atoms with E-state index in [9.17, 15) is 23.6 Å². The van der Waals surface area contributed by atoms with Crippen molar-refractivity contribution in [2.24, 2.45) is 0 Å². The van der Waals surface area contributed by atoms with Crippen LogP contribution in [0.2, 0.25) is 5.02 Å². The van der Waals surface area contributed by atoms with Crippen molar-refractivity contribution in [3.05, 3.63) is 52.6 Å². The highest BCUT2D eigenvalue weighted by Gasteiger charge is 2.35. The van der Waals surface area contributed by atoms with E-state index in [2.05, 4.69) is 26.0 Å². The second-order valence-corrected chi connectivity index (χ2v) is 9.58. The van der Waals surface area contributed by atoms with Crippen molar-refractivity contribution in [2.75, 3.05) is 17.4 Å². The van der Waals surface area contributed by atoms with Gasteiger partial charge in [0.25, 0.3) is 5.91 Å². The molecule has 0 unspecified atom stereocenters. The molecule has 3 aromatic rings. The van der Waals surface area contributed by atoms with Crippen molar-refractivity contribution in [3.63, 3.8) is 0 Å². The molecule has 4 N–H and O–H groups in total. The molecule has 1 aliphatic heterocycles. The van der Waals surface area contributed by atoms with Gasteiger partial charge in [-0.2, -0.15) is 9.61 Å². The highest BCUT2D eigenvalue weighted by molar-refractivity contribution is 6.30. The van der Waals surface area contributed by atoms with Crippen molar-refractivity contribution in [3.8, 4) is 0 Å². The van der Waals surface area contributed by atoms with Crippen LogP contribution in [0.4, 0.5) is 26.5 Å². The van der Waals surface area contributed by atoms with Crippen molar-refractivity contribution in [2.45, 2.75) is 38.1 Å². The Morgan fingerprint density at radius 2 is 2.05 bits per heavy atom. The first-order chi connectivity index (χ1) is 19.2. The molecule has 208 valence electrons. The van der Waals surface area contributed by atoms with E-state index in [0.29, 0.717) is 27.0 Å². The van der Waals surface area contributed by atoms with Crippen molar-refractivity contribution < 1.29 is 33.4 Å². The van der Waals surface area contributed by atoms with Crippen LogP contribution in [-0.4, -0.2) is 61.3 Å². The molecular formula is C25H23ClFN7O6. The number of urea groups is 1. The molecule has 1 aromatic carbocycles. The number of esters is 1. The van der Waals surface area contributed by atoms with Gasteiger partial charge in [0, 0.05) is 35.5 Å². The van der Waals surface area contributed by atoms with E-state index in [1.807, 2.05) is 0 Å². The minimum absolute atomic E-state index is 0.0690. The molecule has 15 heteroatoms. The van der Waals surface area contributed by atoms with Crippen LogP contribution >= 0.6 is 11.6 Å². The summed E-state index contributed by atoms with van der Waals surface area (Å²) in [4.78, 5) is 52.9. The van der Waals surface area contributed by atoms with Crippen molar-refractivity contribution in [1.82, 2.24) is 24.8 Å². The normalized spacial score (nSPS) is 15.9. The fraction of sp³-hybridized carbons (Fsp3) is 0.280. The first kappa shape index (κ1) is 26.9. The highest BCUT2D eigenvalue weighted by Crippen LogP contribution is 2.30. The van der Waals surface area contributed by atoms with Crippen LogP contribution in [0.5, 0.6) is 0 Å². The lowest BCUT2D eigenvalue weighted by molar-refractivity contribution is -0.149. The number of carboxylic acid groups (broad SMARTS) is 1. The molecule has 3 heterocycles. The number of nitrogens with one attached hydrogen (secondary N) is 3. The number of hydrogen-bond acceptors (Lipinski definition) is 9. The number of hydrogen-bond donors (Lipinski definition) is 4. The van der Waals surface area contributed by atoms with E-state index >= 15 is 0 Å². The van der Waals surface area contributed by atoms with Gasteiger partial charge in [-0.1, -0.05) is 11.6 Å². The molecule has 1 saturated carbocycles.